The van der Waals surface area contributed by atoms with Crippen LogP contribution in [0.25, 0.3) is 10.4 Å². The normalized spacial score (nSPS) is 20.7. The van der Waals surface area contributed by atoms with Crippen molar-refractivity contribution in [3.63, 3.8) is 0 Å². The summed E-state index contributed by atoms with van der Waals surface area (Å²) in [6, 6.07) is 8.68. The van der Waals surface area contributed by atoms with Crippen LogP contribution in [0.4, 0.5) is 0 Å². The third-order valence-corrected chi connectivity index (χ3v) is 9.60. The van der Waals surface area contributed by atoms with Gasteiger partial charge in [0.2, 0.25) is 11.8 Å². The molecule has 10 nitrogen and oxygen atoms in total. The fraction of sp³-hybridized carbons (Fsp3) is 0.562. The molecule has 0 spiro atoms. The van der Waals surface area contributed by atoms with Gasteiger partial charge in [-0.05, 0) is 74.3 Å². The van der Waals surface area contributed by atoms with Gasteiger partial charge in [0.15, 0.2) is 5.76 Å². The lowest BCUT2D eigenvalue weighted by atomic mass is 9.91. The largest absolute Gasteiger partial charge is 0.475 e. The molecule has 2 saturated heterocycles. The molecule has 0 aliphatic carbocycles. The van der Waals surface area contributed by atoms with Gasteiger partial charge in [-0.1, -0.05) is 38.1 Å². The first kappa shape index (κ1) is 31.2. The number of aliphatic hydroxyl groups is 1. The van der Waals surface area contributed by atoms with Gasteiger partial charge in [0.1, 0.15) is 12.0 Å². The molecule has 4 atom stereocenters. The maximum atomic E-state index is 13.9. The van der Waals surface area contributed by atoms with Crippen LogP contribution >= 0.6 is 11.3 Å². The maximum absolute atomic E-state index is 13.9. The number of β-amino-alcohol motifs (C(OH)–C–C–N with tert-alkyl or cyclic N) is 1. The molecule has 2 aromatic heterocycles. The topological polar surface area (TPSA) is 130 Å². The van der Waals surface area contributed by atoms with Crippen molar-refractivity contribution in [2.45, 2.75) is 77.5 Å². The van der Waals surface area contributed by atoms with E-state index < -0.39 is 18.1 Å². The van der Waals surface area contributed by atoms with E-state index in [1.54, 1.807) is 17.4 Å². The molecular formula is C32H43N5O5S. The molecule has 0 bridgehead atoms. The molecule has 0 saturated carbocycles. The van der Waals surface area contributed by atoms with E-state index >= 15 is 0 Å². The number of aryl methyl sites for hydroxylation is 1. The Labute approximate surface area is 257 Å². The maximum Gasteiger partial charge on any atom is 0.254 e. The molecule has 1 aromatic carbocycles. The van der Waals surface area contributed by atoms with E-state index in [2.05, 4.69) is 20.8 Å². The first-order valence-electron chi connectivity index (χ1n) is 15.3. The number of hydrogen-bond acceptors (Lipinski definition) is 9. The number of likely N-dealkylation sites (tertiary alicyclic amines) is 1. The first-order chi connectivity index (χ1) is 20.7. The van der Waals surface area contributed by atoms with Crippen LogP contribution in [0.3, 0.4) is 0 Å². The molecule has 3 N–H and O–H groups in total. The highest BCUT2D eigenvalue weighted by atomic mass is 32.1. The highest BCUT2D eigenvalue weighted by molar-refractivity contribution is 7.13. The molecule has 5 rings (SSSR count). The van der Waals surface area contributed by atoms with Crippen molar-refractivity contribution < 1.29 is 24.0 Å². The van der Waals surface area contributed by atoms with Crippen molar-refractivity contribution in [1.82, 2.24) is 25.7 Å². The summed E-state index contributed by atoms with van der Waals surface area (Å²) in [4.78, 5) is 34.3. The molecule has 11 heteroatoms. The van der Waals surface area contributed by atoms with Crippen LogP contribution in [-0.4, -0.2) is 70.3 Å². The van der Waals surface area contributed by atoms with Crippen LogP contribution in [-0.2, 0) is 9.59 Å². The zero-order valence-corrected chi connectivity index (χ0v) is 26.2. The number of carbonyl (C=O) groups excluding carboxylic acids is 2. The summed E-state index contributed by atoms with van der Waals surface area (Å²) in [5.41, 5.74) is 4.86. The van der Waals surface area contributed by atoms with Crippen LogP contribution in [0.15, 0.2) is 40.4 Å². The Balaban J connectivity index is 1.22. The number of amides is 2. The molecule has 0 unspecified atom stereocenters. The van der Waals surface area contributed by atoms with Crippen LogP contribution < -0.4 is 15.4 Å². The number of hydrogen-bond donors (Lipinski definition) is 3. The number of carbonyl (C=O) groups is 2. The second kappa shape index (κ2) is 14.0. The van der Waals surface area contributed by atoms with Gasteiger partial charge in [0.25, 0.3) is 5.88 Å². The van der Waals surface area contributed by atoms with E-state index in [9.17, 15) is 14.7 Å². The monoisotopic (exact) mass is 609 g/mol. The summed E-state index contributed by atoms with van der Waals surface area (Å²) in [5.74, 6) is 0.0740. The Hall–Kier alpha value is -3.28. The average molecular weight is 610 g/mol. The second-order valence-corrected chi connectivity index (χ2v) is 13.0. The highest BCUT2D eigenvalue weighted by Gasteiger charge is 2.43. The van der Waals surface area contributed by atoms with Crippen molar-refractivity contribution >= 4 is 23.2 Å². The van der Waals surface area contributed by atoms with Crippen molar-refractivity contribution in [2.75, 3.05) is 26.2 Å². The van der Waals surface area contributed by atoms with E-state index in [1.807, 2.05) is 57.5 Å². The number of aliphatic hydroxyl groups excluding tert-OH is 1. The zero-order chi connectivity index (χ0) is 30.5. The fourth-order valence-electron chi connectivity index (χ4n) is 6.10. The van der Waals surface area contributed by atoms with Crippen molar-refractivity contribution in [1.29, 1.82) is 0 Å². The van der Waals surface area contributed by atoms with E-state index in [-0.39, 0.29) is 36.7 Å². The summed E-state index contributed by atoms with van der Waals surface area (Å²) in [6.07, 6.45) is 2.64. The molecule has 0 radical (unpaired) electrons. The summed E-state index contributed by atoms with van der Waals surface area (Å²) >= 11 is 1.60. The summed E-state index contributed by atoms with van der Waals surface area (Å²) in [6.45, 7) is 10.5. The highest BCUT2D eigenvalue weighted by Crippen LogP contribution is 2.33. The number of nitrogens with zero attached hydrogens (tertiary/aromatic N) is 3. The SMILES string of the molecule is Cc1ncsc1-c1ccc([C@H](C)NC(=O)[C@@H]2C[C@@H](O)CN2C(=O)[C@H](c2cc(OCCC3CCNCC3)no2)C(C)C)cc1. The van der Waals surface area contributed by atoms with Crippen LogP contribution in [0, 0.1) is 18.8 Å². The minimum Gasteiger partial charge on any atom is -0.475 e. The quantitative estimate of drug-likeness (QED) is 0.291. The van der Waals surface area contributed by atoms with E-state index in [0.29, 0.717) is 24.2 Å². The van der Waals surface area contributed by atoms with E-state index in [4.69, 9.17) is 9.26 Å². The minimum atomic E-state index is -0.784. The lowest BCUT2D eigenvalue weighted by Crippen LogP contribution is -2.48. The fourth-order valence-corrected chi connectivity index (χ4v) is 6.91. The average Bonchev–Trinajstić information content (AvgIpc) is 3.73. The number of aromatic nitrogens is 2. The Morgan fingerprint density at radius 1 is 1.21 bits per heavy atom. The number of ether oxygens (including phenoxy) is 1. The lowest BCUT2D eigenvalue weighted by Gasteiger charge is -2.29. The Morgan fingerprint density at radius 3 is 2.63 bits per heavy atom. The van der Waals surface area contributed by atoms with E-state index in [0.717, 1.165) is 54.0 Å². The second-order valence-electron chi connectivity index (χ2n) is 12.1. The summed E-state index contributed by atoms with van der Waals surface area (Å²) in [7, 11) is 0. The van der Waals surface area contributed by atoms with Crippen LogP contribution in [0.5, 0.6) is 5.88 Å². The van der Waals surface area contributed by atoms with Gasteiger partial charge < -0.3 is 29.9 Å². The molecule has 4 heterocycles. The van der Waals surface area contributed by atoms with Gasteiger partial charge in [-0.15, -0.1) is 11.3 Å². The number of nitrogens with one attached hydrogen (secondary N) is 2. The van der Waals surface area contributed by atoms with Crippen molar-refractivity contribution in [2.24, 2.45) is 11.8 Å². The molecule has 2 aliphatic rings. The first-order valence-corrected chi connectivity index (χ1v) is 16.2. The van der Waals surface area contributed by atoms with Gasteiger partial charge >= 0.3 is 0 Å². The third-order valence-electron chi connectivity index (χ3n) is 8.62. The zero-order valence-electron chi connectivity index (χ0n) is 25.4. The van der Waals surface area contributed by atoms with Crippen molar-refractivity contribution in [3.05, 3.63) is 52.9 Å². The Morgan fingerprint density at radius 2 is 1.95 bits per heavy atom. The Bertz CT molecular complexity index is 1370. The molecule has 2 aliphatic heterocycles. The minimum absolute atomic E-state index is 0.0885. The number of benzene rings is 1. The van der Waals surface area contributed by atoms with Gasteiger partial charge in [-0.3, -0.25) is 9.59 Å². The smallest absolute Gasteiger partial charge is 0.254 e. The van der Waals surface area contributed by atoms with Gasteiger partial charge in [0, 0.05) is 19.0 Å². The van der Waals surface area contributed by atoms with Crippen LogP contribution in [0.1, 0.15) is 75.4 Å². The van der Waals surface area contributed by atoms with Gasteiger partial charge in [-0.2, -0.15) is 0 Å². The lowest BCUT2D eigenvalue weighted by molar-refractivity contribution is -0.141. The van der Waals surface area contributed by atoms with Gasteiger partial charge in [-0.25, -0.2) is 4.98 Å². The molecule has 3 aromatic rings. The van der Waals surface area contributed by atoms with Crippen LogP contribution in [0.2, 0.25) is 0 Å². The summed E-state index contributed by atoms with van der Waals surface area (Å²) < 4.78 is 11.5. The van der Waals surface area contributed by atoms with Crippen molar-refractivity contribution in [3.8, 4) is 16.3 Å². The molecule has 2 fully saturated rings. The number of piperidine rings is 1. The van der Waals surface area contributed by atoms with Gasteiger partial charge in [0.05, 0.1) is 34.8 Å². The summed E-state index contributed by atoms with van der Waals surface area (Å²) in [5, 5.41) is 21.0. The molecule has 232 valence electrons. The molecular weight excluding hydrogens is 566 g/mol. The standard InChI is InChI=1S/C32H43N5O5S/c1-19(2)29(27-16-28(36-42-27)41-14-11-22-9-12-33-13-10-22)32(40)37-17-25(38)15-26(37)31(39)35-20(3)23-5-7-24(8-6-23)30-21(4)34-18-43-30/h5-8,16,18-20,22,25-26,29,33,38H,9-15,17H2,1-4H3,(H,35,39)/t20-,25+,26-,29-/m0/s1. The number of rotatable bonds is 11. The third kappa shape index (κ3) is 7.45. The molecule has 2 amide bonds. The molecule has 43 heavy (non-hydrogen) atoms. The number of thiazole rings is 1. The predicted octanol–water partition coefficient (Wildman–Crippen LogP) is 4.45. The van der Waals surface area contributed by atoms with E-state index in [1.165, 1.54) is 4.90 Å². The predicted molar refractivity (Wildman–Crippen MR) is 165 cm³/mol. The Kier molecular flexibility index (Phi) is 10.1.